The van der Waals surface area contributed by atoms with Crippen LogP contribution in [0.25, 0.3) is 0 Å². The first-order chi connectivity index (χ1) is 10.1. The molecule has 0 aliphatic rings. The van der Waals surface area contributed by atoms with Crippen LogP contribution in [0.4, 0.5) is 0 Å². The first-order valence-electron chi connectivity index (χ1n) is 7.03. The van der Waals surface area contributed by atoms with Crippen molar-refractivity contribution in [2.24, 2.45) is 5.73 Å². The molecule has 1 aromatic rings. The summed E-state index contributed by atoms with van der Waals surface area (Å²) in [4.78, 5) is 13.8. The largest absolute Gasteiger partial charge is 0.492 e. The zero-order valence-electron chi connectivity index (χ0n) is 12.6. The van der Waals surface area contributed by atoms with Crippen LogP contribution in [0.5, 0.6) is 5.75 Å². The number of hydrogen-bond donors (Lipinski definition) is 2. The van der Waals surface area contributed by atoms with Gasteiger partial charge in [-0.25, -0.2) is 0 Å². The summed E-state index contributed by atoms with van der Waals surface area (Å²) < 4.78 is 5.75. The summed E-state index contributed by atoms with van der Waals surface area (Å²) in [5, 5.41) is 2.63. The molecule has 21 heavy (non-hydrogen) atoms. The monoisotopic (exact) mass is 309 g/mol. The molecule has 1 aromatic carbocycles. The van der Waals surface area contributed by atoms with E-state index >= 15 is 0 Å². The summed E-state index contributed by atoms with van der Waals surface area (Å²) in [5.74, 6) is 0.688. The van der Waals surface area contributed by atoms with Crippen LogP contribution >= 0.6 is 12.2 Å². The van der Waals surface area contributed by atoms with E-state index in [0.29, 0.717) is 30.4 Å². The van der Waals surface area contributed by atoms with E-state index in [1.165, 1.54) is 0 Å². The third-order valence-corrected chi connectivity index (χ3v) is 3.22. The highest BCUT2D eigenvalue weighted by Crippen LogP contribution is 2.17. The number of nitrogens with two attached hydrogens (primary N) is 1. The molecule has 0 radical (unpaired) electrons. The van der Waals surface area contributed by atoms with E-state index in [-0.39, 0.29) is 5.91 Å². The van der Waals surface area contributed by atoms with Crippen LogP contribution in [0.1, 0.15) is 18.9 Å². The number of amides is 1. The van der Waals surface area contributed by atoms with E-state index in [1.807, 2.05) is 24.3 Å². The van der Waals surface area contributed by atoms with Gasteiger partial charge in [0.1, 0.15) is 17.3 Å². The average molecular weight is 309 g/mol. The predicted octanol–water partition coefficient (Wildman–Crippen LogP) is 1.16. The van der Waals surface area contributed by atoms with Crippen LogP contribution in [0.3, 0.4) is 0 Å². The molecule has 0 heterocycles. The molecule has 0 saturated carbocycles. The third-order valence-electron chi connectivity index (χ3n) is 3.00. The van der Waals surface area contributed by atoms with Gasteiger partial charge in [0, 0.05) is 13.6 Å². The Balaban J connectivity index is 2.54. The lowest BCUT2D eigenvalue weighted by atomic mass is 10.2. The van der Waals surface area contributed by atoms with Gasteiger partial charge in [0.25, 0.3) is 0 Å². The molecule has 0 bridgehead atoms. The smallest absolute Gasteiger partial charge is 0.233 e. The second-order valence-corrected chi connectivity index (χ2v) is 5.10. The predicted molar refractivity (Wildman–Crippen MR) is 88.6 cm³/mol. The summed E-state index contributed by atoms with van der Waals surface area (Å²) in [6.07, 6.45) is 0.987. The lowest BCUT2D eigenvalue weighted by Gasteiger charge is -2.21. The molecule has 1 amide bonds. The molecule has 1 rings (SSSR count). The molecular weight excluding hydrogens is 286 g/mol. The van der Waals surface area contributed by atoms with Crippen LogP contribution in [-0.4, -0.2) is 49.1 Å². The fourth-order valence-corrected chi connectivity index (χ4v) is 2.12. The molecule has 0 aromatic heterocycles. The van der Waals surface area contributed by atoms with Gasteiger partial charge in [-0.05, 0) is 25.1 Å². The van der Waals surface area contributed by atoms with Crippen LogP contribution in [0.15, 0.2) is 24.3 Å². The van der Waals surface area contributed by atoms with E-state index in [9.17, 15) is 4.79 Å². The molecule has 0 saturated heterocycles. The highest BCUT2D eigenvalue weighted by molar-refractivity contribution is 7.80. The van der Waals surface area contributed by atoms with Crippen molar-refractivity contribution in [2.45, 2.75) is 13.3 Å². The molecule has 6 heteroatoms. The Kier molecular flexibility index (Phi) is 7.71. The van der Waals surface area contributed by atoms with Gasteiger partial charge in [-0.15, -0.1) is 0 Å². The molecule has 0 atom stereocenters. The Morgan fingerprint density at radius 3 is 2.71 bits per heavy atom. The Morgan fingerprint density at radius 1 is 1.38 bits per heavy atom. The number of rotatable bonds is 9. The summed E-state index contributed by atoms with van der Waals surface area (Å²) in [7, 11) is 1.64. The van der Waals surface area contributed by atoms with Crippen molar-refractivity contribution in [3.63, 3.8) is 0 Å². The topological polar surface area (TPSA) is 67.6 Å². The maximum Gasteiger partial charge on any atom is 0.233 e. The zero-order chi connectivity index (χ0) is 15.7. The molecule has 116 valence electrons. The first kappa shape index (κ1) is 17.4. The summed E-state index contributed by atoms with van der Waals surface area (Å²) in [6, 6.07) is 7.44. The minimum Gasteiger partial charge on any atom is -0.492 e. The zero-order valence-corrected chi connectivity index (χ0v) is 13.4. The molecule has 0 unspecified atom stereocenters. The SMILES string of the molecule is CCCN(CCOc1ccccc1C(N)=S)CC(=O)NC. The van der Waals surface area contributed by atoms with Gasteiger partial charge >= 0.3 is 0 Å². The van der Waals surface area contributed by atoms with Crippen molar-refractivity contribution in [3.05, 3.63) is 29.8 Å². The maximum atomic E-state index is 11.4. The number of para-hydroxylation sites is 1. The van der Waals surface area contributed by atoms with E-state index in [0.717, 1.165) is 18.5 Å². The number of hydrogen-bond acceptors (Lipinski definition) is 4. The van der Waals surface area contributed by atoms with Crippen LogP contribution in [0, 0.1) is 0 Å². The van der Waals surface area contributed by atoms with E-state index < -0.39 is 0 Å². The number of benzene rings is 1. The highest BCUT2D eigenvalue weighted by atomic mass is 32.1. The van der Waals surface area contributed by atoms with Crippen molar-refractivity contribution < 1.29 is 9.53 Å². The maximum absolute atomic E-state index is 11.4. The first-order valence-corrected chi connectivity index (χ1v) is 7.43. The van der Waals surface area contributed by atoms with Crippen LogP contribution in [-0.2, 0) is 4.79 Å². The van der Waals surface area contributed by atoms with Crippen molar-refractivity contribution >= 4 is 23.1 Å². The van der Waals surface area contributed by atoms with E-state index in [4.69, 9.17) is 22.7 Å². The summed E-state index contributed by atoms with van der Waals surface area (Å²) >= 11 is 5.00. The van der Waals surface area contributed by atoms with Crippen molar-refractivity contribution in [2.75, 3.05) is 33.3 Å². The summed E-state index contributed by atoms with van der Waals surface area (Å²) in [5.41, 5.74) is 6.40. The lowest BCUT2D eigenvalue weighted by molar-refractivity contribution is -0.121. The van der Waals surface area contributed by atoms with Gasteiger partial charge in [-0.1, -0.05) is 31.3 Å². The van der Waals surface area contributed by atoms with Crippen LogP contribution < -0.4 is 15.8 Å². The molecule has 3 N–H and O–H groups in total. The average Bonchev–Trinajstić information content (AvgIpc) is 2.47. The second kappa shape index (κ2) is 9.31. The van der Waals surface area contributed by atoms with Crippen molar-refractivity contribution in [1.82, 2.24) is 10.2 Å². The number of carbonyl (C=O) groups excluding carboxylic acids is 1. The molecule has 0 aliphatic carbocycles. The fraction of sp³-hybridized carbons (Fsp3) is 0.467. The Hall–Kier alpha value is -1.66. The number of nitrogens with one attached hydrogen (secondary N) is 1. The lowest BCUT2D eigenvalue weighted by Crippen LogP contribution is -2.38. The number of thiocarbonyl (C=S) groups is 1. The minimum absolute atomic E-state index is 0.00647. The summed E-state index contributed by atoms with van der Waals surface area (Å²) in [6.45, 7) is 4.47. The van der Waals surface area contributed by atoms with Gasteiger partial charge in [-0.2, -0.15) is 0 Å². The fourth-order valence-electron chi connectivity index (χ4n) is 1.95. The standard InChI is InChI=1S/C15H23N3O2S/c1-3-8-18(11-14(19)17-2)9-10-20-13-7-5-4-6-12(13)15(16)21/h4-7H,3,8-11H2,1-2H3,(H2,16,21)(H,17,19). The van der Waals surface area contributed by atoms with Gasteiger partial charge in [0.15, 0.2) is 0 Å². The Bertz CT molecular complexity index is 480. The number of ether oxygens (including phenoxy) is 1. The normalized spacial score (nSPS) is 10.4. The van der Waals surface area contributed by atoms with Gasteiger partial charge in [0.2, 0.25) is 5.91 Å². The number of carbonyl (C=O) groups is 1. The Morgan fingerprint density at radius 2 is 2.10 bits per heavy atom. The number of likely N-dealkylation sites (N-methyl/N-ethyl adjacent to an activating group) is 1. The molecule has 0 fully saturated rings. The molecule has 5 nitrogen and oxygen atoms in total. The Labute approximate surface area is 131 Å². The van der Waals surface area contributed by atoms with Gasteiger partial charge < -0.3 is 15.8 Å². The molecule has 0 aliphatic heterocycles. The number of nitrogens with zero attached hydrogens (tertiary/aromatic N) is 1. The molecular formula is C15H23N3O2S. The van der Waals surface area contributed by atoms with Crippen LogP contribution in [0.2, 0.25) is 0 Å². The highest BCUT2D eigenvalue weighted by Gasteiger charge is 2.10. The quantitative estimate of drug-likeness (QED) is 0.670. The van der Waals surface area contributed by atoms with Gasteiger partial charge in [0.05, 0.1) is 12.1 Å². The van der Waals surface area contributed by atoms with E-state index in [2.05, 4.69) is 17.1 Å². The second-order valence-electron chi connectivity index (χ2n) is 4.66. The van der Waals surface area contributed by atoms with E-state index in [1.54, 1.807) is 7.05 Å². The van der Waals surface area contributed by atoms with Crippen molar-refractivity contribution in [3.8, 4) is 5.75 Å². The molecule has 0 spiro atoms. The van der Waals surface area contributed by atoms with Gasteiger partial charge in [-0.3, -0.25) is 9.69 Å². The minimum atomic E-state index is 0.00647. The third kappa shape index (κ3) is 6.10. The van der Waals surface area contributed by atoms with Crippen molar-refractivity contribution in [1.29, 1.82) is 0 Å².